The van der Waals surface area contributed by atoms with Gasteiger partial charge in [-0.1, -0.05) is 84.9 Å². The molecular formula is C39H63NO4. The smallest absolute Gasteiger partial charge is 0.311 e. The minimum absolute atomic E-state index is 0.00676. The minimum atomic E-state index is -0.483. The number of fused-ring (bicyclic) bond motifs is 7. The predicted molar refractivity (Wildman–Crippen MR) is 178 cm³/mol. The topological polar surface area (TPSA) is 65.0 Å². The van der Waals surface area contributed by atoms with Gasteiger partial charge in [-0.2, -0.15) is 0 Å². The molecule has 0 saturated heterocycles. The van der Waals surface area contributed by atoms with E-state index in [1.165, 1.54) is 50.5 Å². The zero-order valence-corrected chi connectivity index (χ0v) is 29.7. The highest BCUT2D eigenvalue weighted by atomic mass is 16.6. The van der Waals surface area contributed by atoms with E-state index in [-0.39, 0.29) is 44.9 Å². The van der Waals surface area contributed by atoms with E-state index in [1.54, 1.807) is 0 Å². The Hall–Kier alpha value is -1.65. The molecule has 44 heavy (non-hydrogen) atoms. The summed E-state index contributed by atoms with van der Waals surface area (Å²) in [6.45, 7) is 19.6. The molecular weight excluding hydrogens is 546 g/mol. The first-order valence-corrected chi connectivity index (χ1v) is 18.2. The predicted octanol–water partition coefficient (Wildman–Crippen LogP) is 9.87. The number of nitrogens with zero attached hydrogens (tertiary/aromatic N) is 1. The van der Waals surface area contributed by atoms with Crippen LogP contribution >= 0.6 is 0 Å². The van der Waals surface area contributed by atoms with Crippen LogP contribution in [0.2, 0.25) is 0 Å². The van der Waals surface area contributed by atoms with Crippen LogP contribution in [0.25, 0.3) is 0 Å². The van der Waals surface area contributed by atoms with Gasteiger partial charge in [0.25, 0.3) is 0 Å². The third kappa shape index (κ3) is 5.13. The fourth-order valence-electron chi connectivity index (χ4n) is 11.7. The monoisotopic (exact) mass is 609 g/mol. The number of methoxy groups -OCH3 is 1. The van der Waals surface area contributed by atoms with Crippen molar-refractivity contribution in [3.05, 3.63) is 11.6 Å². The number of unbranched alkanes of at least 4 members (excludes halogenated alkanes) is 5. The highest BCUT2D eigenvalue weighted by Crippen LogP contribution is 2.75. The number of carbonyl (C=O) groups is 2. The summed E-state index contributed by atoms with van der Waals surface area (Å²) in [5.41, 5.74) is 1.88. The quantitative estimate of drug-likeness (QED) is 0.148. The first-order chi connectivity index (χ1) is 20.6. The van der Waals surface area contributed by atoms with Gasteiger partial charge in [0.1, 0.15) is 6.61 Å². The lowest BCUT2D eigenvalue weighted by molar-refractivity contribution is -0.176. The Kier molecular flexibility index (Phi) is 9.08. The Balaban J connectivity index is 1.40. The van der Waals surface area contributed by atoms with Crippen LogP contribution in [0.15, 0.2) is 16.8 Å². The van der Waals surface area contributed by atoms with Crippen molar-refractivity contribution in [3.63, 3.8) is 0 Å². The molecule has 0 heterocycles. The van der Waals surface area contributed by atoms with Crippen molar-refractivity contribution in [2.75, 3.05) is 13.7 Å². The van der Waals surface area contributed by atoms with Crippen molar-refractivity contribution in [2.45, 2.75) is 152 Å². The molecule has 5 heteroatoms. The Labute approximate surface area is 268 Å². The van der Waals surface area contributed by atoms with E-state index < -0.39 is 5.41 Å². The maximum absolute atomic E-state index is 14.6. The number of esters is 1. The Morgan fingerprint density at radius 2 is 1.59 bits per heavy atom. The lowest BCUT2D eigenvalue weighted by Crippen LogP contribution is -2.66. The maximum atomic E-state index is 14.6. The lowest BCUT2D eigenvalue weighted by Gasteiger charge is -2.70. The summed E-state index contributed by atoms with van der Waals surface area (Å²) in [5, 5.41) is 4.78. The summed E-state index contributed by atoms with van der Waals surface area (Å²) in [6.07, 6.45) is 18.6. The third-order valence-corrected chi connectivity index (χ3v) is 14.8. The van der Waals surface area contributed by atoms with E-state index in [2.05, 4.69) is 61.5 Å². The van der Waals surface area contributed by atoms with E-state index in [0.29, 0.717) is 18.3 Å². The third-order valence-electron chi connectivity index (χ3n) is 14.8. The Bertz CT molecular complexity index is 1190. The molecule has 0 radical (unpaired) electrons. The van der Waals surface area contributed by atoms with E-state index in [1.807, 2.05) is 0 Å². The number of rotatable bonds is 9. The molecule has 0 N–H and O–H groups in total. The van der Waals surface area contributed by atoms with Gasteiger partial charge in [0, 0.05) is 11.3 Å². The average molecular weight is 610 g/mol. The number of ether oxygens (including phenoxy) is 1. The second-order valence-electron chi connectivity index (χ2n) is 17.6. The molecule has 5 aliphatic carbocycles. The number of allylic oxidation sites excluding steroid dienone is 2. The number of carbonyl (C=O) groups excluding carboxylic acids is 2. The van der Waals surface area contributed by atoms with Crippen LogP contribution < -0.4 is 0 Å². The van der Waals surface area contributed by atoms with Crippen LogP contribution in [-0.4, -0.2) is 31.2 Å². The van der Waals surface area contributed by atoms with Crippen molar-refractivity contribution in [3.8, 4) is 0 Å². The van der Waals surface area contributed by atoms with Crippen LogP contribution in [0.5, 0.6) is 0 Å². The zero-order chi connectivity index (χ0) is 32.2. The van der Waals surface area contributed by atoms with E-state index >= 15 is 0 Å². The summed E-state index contributed by atoms with van der Waals surface area (Å²) < 4.78 is 5.30. The van der Waals surface area contributed by atoms with E-state index in [4.69, 9.17) is 14.7 Å². The summed E-state index contributed by atoms with van der Waals surface area (Å²) >= 11 is 0. The van der Waals surface area contributed by atoms with Crippen molar-refractivity contribution < 1.29 is 19.2 Å². The first-order valence-electron chi connectivity index (χ1n) is 18.2. The van der Waals surface area contributed by atoms with Crippen LogP contribution in [0.3, 0.4) is 0 Å². The lowest BCUT2D eigenvalue weighted by atomic mass is 9.33. The molecule has 5 aliphatic rings. The van der Waals surface area contributed by atoms with Gasteiger partial charge >= 0.3 is 5.97 Å². The maximum Gasteiger partial charge on any atom is 0.311 e. The normalized spacial score (nSPS) is 43.7. The molecule has 5 nitrogen and oxygen atoms in total. The van der Waals surface area contributed by atoms with Gasteiger partial charge in [0.15, 0.2) is 5.78 Å². The van der Waals surface area contributed by atoms with Gasteiger partial charge in [-0.3, -0.25) is 9.59 Å². The molecule has 0 aromatic heterocycles. The van der Waals surface area contributed by atoms with Gasteiger partial charge in [-0.15, -0.1) is 0 Å². The molecule has 0 aromatic rings. The molecule has 0 spiro atoms. The van der Waals surface area contributed by atoms with Gasteiger partial charge in [0.05, 0.1) is 18.2 Å². The number of hydrogen-bond acceptors (Lipinski definition) is 5. The van der Waals surface area contributed by atoms with Crippen LogP contribution in [0.4, 0.5) is 0 Å². The molecule has 4 fully saturated rings. The van der Waals surface area contributed by atoms with Gasteiger partial charge in [-0.25, -0.2) is 0 Å². The fourth-order valence-corrected chi connectivity index (χ4v) is 11.7. The Morgan fingerprint density at radius 1 is 0.909 bits per heavy atom. The Morgan fingerprint density at radius 3 is 2.30 bits per heavy atom. The second-order valence-corrected chi connectivity index (χ2v) is 17.6. The summed E-state index contributed by atoms with van der Waals surface area (Å²) in [7, 11) is 1.52. The van der Waals surface area contributed by atoms with Crippen LogP contribution in [0, 0.1) is 50.2 Å². The molecule has 0 bridgehead atoms. The van der Waals surface area contributed by atoms with E-state index in [0.717, 1.165) is 64.2 Å². The van der Waals surface area contributed by atoms with Gasteiger partial charge < -0.3 is 9.57 Å². The van der Waals surface area contributed by atoms with Crippen molar-refractivity contribution in [1.29, 1.82) is 0 Å². The molecule has 4 saturated carbocycles. The van der Waals surface area contributed by atoms with Crippen molar-refractivity contribution in [1.82, 2.24) is 0 Å². The molecule has 0 unspecified atom stereocenters. The van der Waals surface area contributed by atoms with E-state index in [9.17, 15) is 9.59 Å². The standard InChI is InChI=1S/C39H63NO4/c1-10-11-12-13-14-15-24-44-40-31-17-18-37(6)30(34(31,2)3)16-19-39(8)32(37)29(41)25-27-28-26-36(5,33(42)43-9)21-20-35(28,4)22-23-38(27,39)7/h25,28,30,32H,10-24,26H2,1-9H3/b40-31+/t28-,30-,32+,35+,36-,37-,38+,39+/m0/s1. The largest absolute Gasteiger partial charge is 0.469 e. The molecule has 0 aromatic carbocycles. The molecule has 0 amide bonds. The van der Waals surface area contributed by atoms with Crippen molar-refractivity contribution >= 4 is 17.5 Å². The average Bonchev–Trinajstić information content (AvgIpc) is 2.96. The van der Waals surface area contributed by atoms with Gasteiger partial charge in [0.2, 0.25) is 0 Å². The summed E-state index contributed by atoms with van der Waals surface area (Å²) in [5.74, 6) is 0.901. The molecule has 248 valence electrons. The number of oxime groups is 1. The first kappa shape index (κ1) is 33.7. The van der Waals surface area contributed by atoms with Crippen LogP contribution in [-0.2, 0) is 19.2 Å². The van der Waals surface area contributed by atoms with Gasteiger partial charge in [-0.05, 0) is 117 Å². The fraction of sp³-hybridized carbons (Fsp3) is 0.872. The zero-order valence-electron chi connectivity index (χ0n) is 29.7. The molecule has 8 atom stereocenters. The van der Waals surface area contributed by atoms with Crippen LogP contribution in [0.1, 0.15) is 152 Å². The number of hydrogen-bond donors (Lipinski definition) is 0. The molecule has 0 aliphatic heterocycles. The minimum Gasteiger partial charge on any atom is -0.469 e. The summed E-state index contributed by atoms with van der Waals surface area (Å²) in [4.78, 5) is 33.5. The SMILES string of the molecule is CCCCCCCCO/N=C1\CC[C@]2(C)[C@H]3C(=O)C=C4[C@@H]5C[C@@](C)(C(=O)OC)CC[C@]5(C)CC[C@@]4(C)[C@]3(C)CC[C@H]2C1(C)C. The highest BCUT2D eigenvalue weighted by molar-refractivity contribution is 5.97. The molecule has 5 rings (SSSR count). The second kappa shape index (κ2) is 11.9. The highest BCUT2D eigenvalue weighted by Gasteiger charge is 2.70. The number of ketones is 1. The van der Waals surface area contributed by atoms with Crippen molar-refractivity contribution in [2.24, 2.45) is 55.4 Å². The summed E-state index contributed by atoms with van der Waals surface area (Å²) in [6, 6.07) is 0.